The van der Waals surface area contributed by atoms with E-state index in [4.69, 9.17) is 9.47 Å². The number of rotatable bonds is 10. The van der Waals surface area contributed by atoms with E-state index in [9.17, 15) is 8.42 Å². The zero-order valence-corrected chi connectivity index (χ0v) is 19.9. The summed E-state index contributed by atoms with van der Waals surface area (Å²) >= 11 is 0. The predicted molar refractivity (Wildman–Crippen MR) is 123 cm³/mol. The molecular formula is C25H36O4S. The third kappa shape index (κ3) is 7.77. The summed E-state index contributed by atoms with van der Waals surface area (Å²) in [6.07, 6.45) is 0.595. The molecule has 0 radical (unpaired) electrons. The van der Waals surface area contributed by atoms with Crippen LogP contribution in [0.3, 0.4) is 0 Å². The molecule has 166 valence electrons. The fraction of sp³-hybridized carbons (Fsp3) is 0.520. The maximum absolute atomic E-state index is 12.3. The first-order valence-electron chi connectivity index (χ1n) is 10.6. The number of benzene rings is 2. The Morgan fingerprint density at radius 2 is 1.50 bits per heavy atom. The van der Waals surface area contributed by atoms with Gasteiger partial charge in [0.25, 0.3) is 0 Å². The SMILES string of the molecule is CC(OCCS(=O)(=O)c1ccccc1)Oc1ccc(C(CC(C)(C)C)C(C)C)cc1. The molecule has 0 saturated carbocycles. The molecule has 0 fully saturated rings. The quantitative estimate of drug-likeness (QED) is 0.427. The van der Waals surface area contributed by atoms with E-state index in [1.807, 2.05) is 12.1 Å². The highest BCUT2D eigenvalue weighted by Gasteiger charge is 2.23. The van der Waals surface area contributed by atoms with Gasteiger partial charge in [0.15, 0.2) is 16.1 Å². The Kier molecular flexibility index (Phi) is 8.51. The first-order valence-corrected chi connectivity index (χ1v) is 12.3. The lowest BCUT2D eigenvalue weighted by Crippen LogP contribution is -2.21. The van der Waals surface area contributed by atoms with Crippen molar-refractivity contribution >= 4 is 9.84 Å². The van der Waals surface area contributed by atoms with Gasteiger partial charge in [0.1, 0.15) is 5.75 Å². The van der Waals surface area contributed by atoms with Crippen molar-refractivity contribution in [3.05, 3.63) is 60.2 Å². The standard InChI is InChI=1S/C25H36O4S/c1-19(2)24(18-25(4,5)6)21-12-14-22(15-13-21)29-20(3)28-16-17-30(26,27)23-10-8-7-9-11-23/h7-15,19-20,24H,16-18H2,1-6H3. The van der Waals surface area contributed by atoms with E-state index in [1.165, 1.54) is 5.56 Å². The molecule has 2 rings (SSSR count). The lowest BCUT2D eigenvalue weighted by Gasteiger charge is -2.29. The molecule has 2 unspecified atom stereocenters. The molecule has 5 heteroatoms. The van der Waals surface area contributed by atoms with Gasteiger partial charge in [-0.25, -0.2) is 8.42 Å². The second-order valence-corrected chi connectivity index (χ2v) is 11.5. The highest BCUT2D eigenvalue weighted by Crippen LogP contribution is 2.36. The summed E-state index contributed by atoms with van der Waals surface area (Å²) < 4.78 is 36.0. The van der Waals surface area contributed by atoms with Crippen molar-refractivity contribution in [2.24, 2.45) is 11.3 Å². The normalized spacial score (nSPS) is 14.5. The molecule has 2 aromatic rings. The van der Waals surface area contributed by atoms with E-state index in [2.05, 4.69) is 46.8 Å². The number of hydrogen-bond donors (Lipinski definition) is 0. The average Bonchev–Trinajstić information content (AvgIpc) is 2.66. The van der Waals surface area contributed by atoms with Gasteiger partial charge in [0.2, 0.25) is 0 Å². The minimum atomic E-state index is -3.35. The van der Waals surface area contributed by atoms with Gasteiger partial charge in [-0.1, -0.05) is 65.0 Å². The van der Waals surface area contributed by atoms with Gasteiger partial charge < -0.3 is 9.47 Å². The van der Waals surface area contributed by atoms with Crippen LogP contribution in [0.4, 0.5) is 0 Å². The summed E-state index contributed by atoms with van der Waals surface area (Å²) in [5, 5.41) is 0. The van der Waals surface area contributed by atoms with Gasteiger partial charge in [-0.15, -0.1) is 0 Å². The second kappa shape index (κ2) is 10.5. The molecule has 0 bridgehead atoms. The van der Waals surface area contributed by atoms with Crippen molar-refractivity contribution < 1.29 is 17.9 Å². The maximum atomic E-state index is 12.3. The summed E-state index contributed by atoms with van der Waals surface area (Å²) in [5.41, 5.74) is 1.59. The Hall–Kier alpha value is -1.85. The molecule has 4 nitrogen and oxygen atoms in total. The van der Waals surface area contributed by atoms with Gasteiger partial charge in [-0.05, 0) is 60.4 Å². The van der Waals surface area contributed by atoms with Crippen molar-refractivity contribution in [2.75, 3.05) is 12.4 Å². The van der Waals surface area contributed by atoms with Gasteiger partial charge in [0, 0.05) is 0 Å². The monoisotopic (exact) mass is 432 g/mol. The van der Waals surface area contributed by atoms with Crippen LogP contribution in [0.5, 0.6) is 5.75 Å². The molecule has 2 aromatic carbocycles. The van der Waals surface area contributed by atoms with Crippen molar-refractivity contribution in [1.82, 2.24) is 0 Å². The van der Waals surface area contributed by atoms with Crippen molar-refractivity contribution in [1.29, 1.82) is 0 Å². The van der Waals surface area contributed by atoms with Crippen molar-refractivity contribution in [3.63, 3.8) is 0 Å². The van der Waals surface area contributed by atoms with Crippen LogP contribution in [-0.4, -0.2) is 27.1 Å². The minimum Gasteiger partial charge on any atom is -0.465 e. The molecule has 0 N–H and O–H groups in total. The molecule has 30 heavy (non-hydrogen) atoms. The predicted octanol–water partition coefficient (Wildman–Crippen LogP) is 6.08. The summed E-state index contributed by atoms with van der Waals surface area (Å²) in [5.74, 6) is 1.70. The smallest absolute Gasteiger partial charge is 0.197 e. The average molecular weight is 433 g/mol. The highest BCUT2D eigenvalue weighted by atomic mass is 32.2. The lowest BCUT2D eigenvalue weighted by atomic mass is 9.76. The summed E-state index contributed by atoms with van der Waals surface area (Å²) in [6, 6.07) is 16.6. The number of sulfone groups is 1. The third-order valence-electron chi connectivity index (χ3n) is 5.05. The van der Waals surface area contributed by atoms with Crippen LogP contribution in [-0.2, 0) is 14.6 Å². The zero-order chi connectivity index (χ0) is 22.4. The van der Waals surface area contributed by atoms with E-state index < -0.39 is 16.1 Å². The fourth-order valence-corrected chi connectivity index (χ4v) is 4.61. The Morgan fingerprint density at radius 3 is 2.03 bits per heavy atom. The van der Waals surface area contributed by atoms with Crippen LogP contribution < -0.4 is 4.74 Å². The highest BCUT2D eigenvalue weighted by molar-refractivity contribution is 7.91. The Balaban J connectivity index is 1.89. The Bertz CT molecular complexity index is 866. The summed E-state index contributed by atoms with van der Waals surface area (Å²) in [7, 11) is -3.35. The number of hydrogen-bond acceptors (Lipinski definition) is 4. The van der Waals surface area contributed by atoms with E-state index in [0.29, 0.717) is 16.7 Å². The molecular weight excluding hydrogens is 396 g/mol. The van der Waals surface area contributed by atoms with Crippen LogP contribution in [0, 0.1) is 11.3 Å². The summed E-state index contributed by atoms with van der Waals surface area (Å²) in [4.78, 5) is 0.313. The van der Waals surface area contributed by atoms with Gasteiger partial charge in [-0.2, -0.15) is 0 Å². The first kappa shape index (κ1) is 24.4. The Morgan fingerprint density at radius 1 is 0.900 bits per heavy atom. The van der Waals surface area contributed by atoms with Crippen LogP contribution in [0.25, 0.3) is 0 Å². The molecule has 0 aliphatic rings. The molecule has 0 amide bonds. The molecule has 2 atom stereocenters. The Labute approximate surface area is 182 Å². The summed E-state index contributed by atoms with van der Waals surface area (Å²) in [6.45, 7) is 13.2. The van der Waals surface area contributed by atoms with Crippen LogP contribution in [0.2, 0.25) is 0 Å². The van der Waals surface area contributed by atoms with E-state index in [0.717, 1.165) is 12.2 Å². The van der Waals surface area contributed by atoms with Crippen molar-refractivity contribution in [2.45, 2.75) is 65.1 Å². The maximum Gasteiger partial charge on any atom is 0.197 e. The van der Waals surface area contributed by atoms with Crippen LogP contribution >= 0.6 is 0 Å². The molecule has 0 saturated heterocycles. The molecule has 0 aliphatic heterocycles. The molecule has 0 aliphatic carbocycles. The number of ether oxygens (including phenoxy) is 2. The molecule has 0 heterocycles. The van der Waals surface area contributed by atoms with E-state index in [1.54, 1.807) is 37.3 Å². The second-order valence-electron chi connectivity index (χ2n) is 9.37. The van der Waals surface area contributed by atoms with Crippen molar-refractivity contribution in [3.8, 4) is 5.75 Å². The largest absolute Gasteiger partial charge is 0.465 e. The molecule has 0 aromatic heterocycles. The third-order valence-corrected chi connectivity index (χ3v) is 6.75. The molecule has 0 spiro atoms. The van der Waals surface area contributed by atoms with Gasteiger partial charge in [0.05, 0.1) is 17.3 Å². The topological polar surface area (TPSA) is 52.6 Å². The van der Waals surface area contributed by atoms with Gasteiger partial charge in [-0.3, -0.25) is 0 Å². The van der Waals surface area contributed by atoms with E-state index >= 15 is 0 Å². The van der Waals surface area contributed by atoms with Gasteiger partial charge >= 0.3 is 0 Å². The van der Waals surface area contributed by atoms with Crippen LogP contribution in [0.1, 0.15) is 59.4 Å². The minimum absolute atomic E-state index is 0.0769. The first-order chi connectivity index (χ1) is 14.0. The fourth-order valence-electron chi connectivity index (χ4n) is 3.49. The lowest BCUT2D eigenvalue weighted by molar-refractivity contribution is -0.0605. The van der Waals surface area contributed by atoms with Crippen LogP contribution in [0.15, 0.2) is 59.5 Å². The zero-order valence-electron chi connectivity index (χ0n) is 19.1. The van der Waals surface area contributed by atoms with E-state index in [-0.39, 0.29) is 17.8 Å².